The van der Waals surface area contributed by atoms with Crippen molar-refractivity contribution in [3.8, 4) is 74.7 Å². The van der Waals surface area contributed by atoms with Gasteiger partial charge in [-0.25, -0.2) is 0 Å². The molecule has 12 aromatic carbocycles. The summed E-state index contributed by atoms with van der Waals surface area (Å²) in [6.07, 6.45) is 6.60. The van der Waals surface area contributed by atoms with Gasteiger partial charge in [0.05, 0.1) is 83.5 Å². The first-order chi connectivity index (χ1) is 68.8. The monoisotopic (exact) mass is 2030 g/mol. The van der Waals surface area contributed by atoms with Gasteiger partial charge in [0.2, 0.25) is 11.5 Å². The topological polar surface area (TPSA) is 977 Å². The third kappa shape index (κ3) is 39.0. The minimum atomic E-state index is -1.06. The van der Waals surface area contributed by atoms with Crippen LogP contribution in [0.4, 0.5) is 62.6 Å². The summed E-state index contributed by atoms with van der Waals surface area (Å²) in [7, 11) is 0. The third-order valence-corrected chi connectivity index (χ3v) is 16.3. The van der Waals surface area contributed by atoms with Crippen LogP contribution in [0, 0.1) is 111 Å². The summed E-state index contributed by atoms with van der Waals surface area (Å²) < 4.78 is 0. The number of carbonyl (C=O) groups is 14. The van der Waals surface area contributed by atoms with Crippen molar-refractivity contribution >= 4 is 151 Å². The maximum absolute atomic E-state index is 10.4. The average molecular weight is 2030 g/mol. The molecule has 0 amide bonds. The maximum Gasteiger partial charge on any atom is 0.318 e. The molecule has 0 unspecified atom stereocenters. The number of aldehydes is 14. The highest BCUT2D eigenvalue weighted by atomic mass is 16.7. The number of nitro benzene ring substituents is 11. The number of aromatic hydroxyl groups is 13. The average Bonchev–Trinajstić information content (AvgIpc) is 0.816. The Morgan fingerprint density at radius 3 is 0.801 bits per heavy atom. The molecule has 0 aromatic heterocycles. The standard InChI is InChI=1S/2C8H6O2.2C7H4N2O6.C7H4N2O5.2C7H5NO5.2C7H5NO4.C7H5NO3.C7H6O4.C7H6O3/c9-5-7-2-1-3-8(4-7)6-10;9-5-7-3-1-2-4-8(7)6-10;10-3-4-1-5(8(12)13)2-6(7(4)11)9(14)15;10-3-4-1-5(8(12)13)7(11)6(2-4)9(14)15;10-4-5-1-6(8(11)12)3-7(2-5)9(13)14;9-3-4-1-6(10)7(11)2-5(4)8(12)13;9-3-4-1-5(8(12)13)7(11)6(10)2-4;9-4-5-1-2-7(10)6(3-5)8(11)12;9-4-5-1-2-6(8(11)12)7(10)3-5;9-5-6-2-1-3-7(4-6)8(10)11;8-3-4-1-5(9)7(11)6(10)2-4;8-4-5-1-2-6(9)7(10)3-5/h2*1-6H;2*1-3,11H;1-4H;2*1-3,10-11H;2*1-4,10H;1-5H;1-3,9-11H;1-4,9-10H. The van der Waals surface area contributed by atoms with E-state index >= 15 is 0 Å². The lowest BCUT2D eigenvalue weighted by atomic mass is 10.1. The van der Waals surface area contributed by atoms with E-state index in [1.54, 1.807) is 48.5 Å². The quantitative estimate of drug-likeness (QED) is 0.0109. The molecule has 0 fully saturated rings. The Morgan fingerprint density at radius 2 is 0.432 bits per heavy atom. The van der Waals surface area contributed by atoms with Crippen molar-refractivity contribution in [1.82, 2.24) is 0 Å². The van der Waals surface area contributed by atoms with Gasteiger partial charge in [0.1, 0.15) is 50.3 Å². The van der Waals surface area contributed by atoms with Crippen LogP contribution in [0.5, 0.6) is 74.7 Å². The molecule has 60 heteroatoms. The van der Waals surface area contributed by atoms with E-state index in [1.165, 1.54) is 54.6 Å². The van der Waals surface area contributed by atoms with Gasteiger partial charge in [-0.1, -0.05) is 54.6 Å². The first kappa shape index (κ1) is 121. The van der Waals surface area contributed by atoms with Crippen LogP contribution in [-0.4, -0.2) is 209 Å². The highest BCUT2D eigenvalue weighted by molar-refractivity contribution is 5.91. The number of nitro groups is 11. The van der Waals surface area contributed by atoms with E-state index in [0.717, 1.165) is 97.1 Å². The zero-order chi connectivity index (χ0) is 111. The van der Waals surface area contributed by atoms with Crippen LogP contribution in [0.15, 0.2) is 206 Å². The van der Waals surface area contributed by atoms with E-state index in [9.17, 15) is 178 Å². The number of phenolic OH excluding ortho intramolecular Hbond substituents is 13. The molecular weight excluding hydrogens is 1970 g/mol. The molecule has 0 atom stereocenters. The lowest BCUT2D eigenvalue weighted by molar-refractivity contribution is -0.396. The summed E-state index contributed by atoms with van der Waals surface area (Å²) in [6, 6.07) is 40.5. The van der Waals surface area contributed by atoms with E-state index in [4.69, 9.17) is 66.4 Å². The van der Waals surface area contributed by atoms with E-state index < -0.39 is 180 Å². The predicted molar refractivity (Wildman–Crippen MR) is 488 cm³/mol. The van der Waals surface area contributed by atoms with Gasteiger partial charge in [0.25, 0.3) is 34.2 Å². The van der Waals surface area contributed by atoms with Crippen molar-refractivity contribution in [2.75, 3.05) is 0 Å². The van der Waals surface area contributed by atoms with Gasteiger partial charge in [0.15, 0.2) is 95.2 Å². The molecule has 12 aromatic rings. The first-order valence-corrected chi connectivity index (χ1v) is 37.4. The first-order valence-electron chi connectivity index (χ1n) is 37.4. The zero-order valence-electron chi connectivity index (χ0n) is 72.1. The van der Waals surface area contributed by atoms with Crippen LogP contribution in [-0.2, 0) is 0 Å². The Labute approximate surface area is 805 Å². The number of phenols is 13. The number of hydrogen-bond donors (Lipinski definition) is 13. The number of carbonyl (C=O) groups excluding carboxylic acids is 14. The van der Waals surface area contributed by atoms with Gasteiger partial charge in [0, 0.05) is 133 Å². The van der Waals surface area contributed by atoms with Crippen molar-refractivity contribution in [1.29, 1.82) is 0 Å². The highest BCUT2D eigenvalue weighted by Crippen LogP contribution is 2.40. The molecule has 0 spiro atoms. The van der Waals surface area contributed by atoms with E-state index in [2.05, 4.69) is 0 Å². The van der Waals surface area contributed by atoms with Gasteiger partial charge >= 0.3 is 34.1 Å². The molecular formula is C86H61N11O49. The Hall–Kier alpha value is -23.2. The molecule has 0 aliphatic heterocycles. The summed E-state index contributed by atoms with van der Waals surface area (Å²) in [5.41, 5.74) is -4.40. The highest BCUT2D eigenvalue weighted by Gasteiger charge is 2.28. The van der Waals surface area contributed by atoms with Crippen molar-refractivity contribution in [3.05, 3.63) is 395 Å². The molecule has 754 valence electrons. The summed E-state index contributed by atoms with van der Waals surface area (Å²) in [6.45, 7) is 0. The zero-order valence-corrected chi connectivity index (χ0v) is 72.1. The molecule has 146 heavy (non-hydrogen) atoms. The van der Waals surface area contributed by atoms with Crippen LogP contribution in [0.2, 0.25) is 0 Å². The van der Waals surface area contributed by atoms with Crippen LogP contribution < -0.4 is 0 Å². The summed E-state index contributed by atoms with van der Waals surface area (Å²) in [5, 5.41) is 229. The molecule has 0 saturated carbocycles. The molecule has 0 bridgehead atoms. The minimum Gasteiger partial charge on any atom is -0.504 e. The number of nitrogens with zero attached hydrogens (tertiary/aromatic N) is 11. The van der Waals surface area contributed by atoms with Crippen LogP contribution >= 0.6 is 0 Å². The molecule has 0 saturated heterocycles. The second kappa shape index (κ2) is 60.2. The van der Waals surface area contributed by atoms with Crippen LogP contribution in [0.3, 0.4) is 0 Å². The molecule has 60 nitrogen and oxygen atoms in total. The van der Waals surface area contributed by atoms with Gasteiger partial charge in [-0.05, 0) is 66.7 Å². The van der Waals surface area contributed by atoms with Crippen molar-refractivity contribution in [3.63, 3.8) is 0 Å². The van der Waals surface area contributed by atoms with Gasteiger partial charge < -0.3 is 66.4 Å². The summed E-state index contributed by atoms with van der Waals surface area (Å²) in [4.78, 5) is 247. The number of benzene rings is 12. The van der Waals surface area contributed by atoms with Crippen molar-refractivity contribution in [2.24, 2.45) is 0 Å². The van der Waals surface area contributed by atoms with Crippen molar-refractivity contribution < 1.29 is 188 Å². The van der Waals surface area contributed by atoms with E-state index in [-0.39, 0.29) is 75.0 Å². The molecule has 13 N–H and O–H groups in total. The lowest BCUT2D eigenvalue weighted by Crippen LogP contribution is -1.96. The fourth-order valence-corrected chi connectivity index (χ4v) is 9.47. The molecule has 0 aliphatic rings. The number of non-ortho nitro benzene ring substituents is 4. The Morgan fingerprint density at radius 1 is 0.151 bits per heavy atom. The van der Waals surface area contributed by atoms with Gasteiger partial charge in [-0.3, -0.25) is 178 Å². The van der Waals surface area contributed by atoms with E-state index in [1.807, 2.05) is 0 Å². The Bertz CT molecular complexity index is 6870. The predicted octanol–water partition coefficient (Wildman–Crippen LogP) is 12.8. The van der Waals surface area contributed by atoms with Gasteiger partial charge in [-0.15, -0.1) is 0 Å². The smallest absolute Gasteiger partial charge is 0.318 e. The van der Waals surface area contributed by atoms with Gasteiger partial charge in [-0.2, -0.15) is 0 Å². The fourth-order valence-electron chi connectivity index (χ4n) is 9.47. The van der Waals surface area contributed by atoms with E-state index in [0.29, 0.717) is 109 Å². The van der Waals surface area contributed by atoms with Crippen molar-refractivity contribution in [2.45, 2.75) is 0 Å². The Balaban J connectivity index is 0.000000798. The molecule has 0 aliphatic carbocycles. The summed E-state index contributed by atoms with van der Waals surface area (Å²) >= 11 is 0. The normalized spacial score (nSPS) is 9.34. The lowest BCUT2D eigenvalue weighted by Gasteiger charge is -1.99. The number of rotatable bonds is 25. The molecule has 12 rings (SSSR count). The molecule has 0 radical (unpaired) electrons. The largest absolute Gasteiger partial charge is 0.504 e. The third-order valence-electron chi connectivity index (χ3n) is 16.3. The Kier molecular flexibility index (Phi) is 49.8. The summed E-state index contributed by atoms with van der Waals surface area (Å²) in [5.74, 6) is -7.70. The van der Waals surface area contributed by atoms with Crippen LogP contribution in [0.1, 0.15) is 145 Å². The maximum atomic E-state index is 10.4. The number of hydrogen-bond acceptors (Lipinski definition) is 49. The second-order valence-corrected chi connectivity index (χ2v) is 25.9. The molecule has 0 heterocycles. The SMILES string of the molecule is O=Cc1cc(O)c(O)c(O)c1.O=Cc1cc(O)c(O)c([N+](=O)[O-])c1.O=Cc1cc(O)c(O)cc1[N+](=O)[O-].O=Cc1cc([N+](=O)[O-])c(O)c([N+](=O)[O-])c1.O=Cc1cc([N+](=O)[O-])cc([N+](=O)[O-])c1.O=Cc1cc([N+](=O)[O-])cc([N+](=O)[O-])c1O.O=Cc1ccc(O)c(O)c1.O=Cc1ccc(O)c([N+](=O)[O-])c1.O=Cc1ccc([N+](=O)[O-])c(O)c1.O=Cc1cccc(C=O)c1.O=Cc1cccc([N+](=O)[O-])c1.O=Cc1ccccc1C=O. The fraction of sp³-hybridized carbons (Fsp3) is 0. The second-order valence-electron chi connectivity index (χ2n) is 25.9. The van der Waals surface area contributed by atoms with Crippen LogP contribution in [0.25, 0.3) is 0 Å². The minimum absolute atomic E-state index is 0.0606.